The highest BCUT2D eigenvalue weighted by molar-refractivity contribution is 8.13. The van der Waals surface area contributed by atoms with Gasteiger partial charge in [-0.05, 0) is 41.8 Å². The van der Waals surface area contributed by atoms with Crippen LogP contribution in [0.2, 0.25) is 0 Å². The summed E-state index contributed by atoms with van der Waals surface area (Å²) in [6.45, 7) is 4.07. The minimum Gasteiger partial charge on any atom is -0.321 e. The molecule has 2 rings (SSSR count). The monoisotopic (exact) mass is 436 g/mol. The number of pyridine rings is 1. The Bertz CT molecular complexity index is 922. The number of amidine groups is 1. The third-order valence-corrected chi connectivity index (χ3v) is 5.04. The van der Waals surface area contributed by atoms with E-state index in [0.29, 0.717) is 22.9 Å². The number of aromatic nitrogens is 1. The smallest absolute Gasteiger partial charge is 0.258 e. The molecule has 1 aromatic heterocycles. The van der Waals surface area contributed by atoms with Crippen molar-refractivity contribution >= 4 is 34.3 Å². The number of hydrogen-bond donors (Lipinski definition) is 4. The van der Waals surface area contributed by atoms with Gasteiger partial charge in [0, 0.05) is 30.3 Å². The minimum absolute atomic E-state index is 0.145. The van der Waals surface area contributed by atoms with Crippen molar-refractivity contribution in [3.05, 3.63) is 47.4 Å². The maximum Gasteiger partial charge on any atom is 0.258 e. The molecule has 30 heavy (non-hydrogen) atoms. The number of rotatable bonds is 7. The summed E-state index contributed by atoms with van der Waals surface area (Å²) < 4.78 is 14.5. The zero-order valence-electron chi connectivity index (χ0n) is 17.3. The molecule has 0 radical (unpaired) electrons. The maximum absolute atomic E-state index is 14.5. The lowest BCUT2D eigenvalue weighted by molar-refractivity contribution is -0.830. The normalized spacial score (nSPS) is 11.6. The molecule has 0 atom stereocenters. The zero-order chi connectivity index (χ0) is 22.3. The first kappa shape index (κ1) is 23.5. The number of hydrazone groups is 1. The van der Waals surface area contributed by atoms with E-state index in [1.807, 2.05) is 13.8 Å². The van der Waals surface area contributed by atoms with Crippen LogP contribution in [0.25, 0.3) is 0 Å². The number of benzene rings is 1. The third kappa shape index (κ3) is 6.39. The summed E-state index contributed by atoms with van der Waals surface area (Å²) in [5.74, 6) is 10.2. The Balaban J connectivity index is 2.33. The standard InChI is InChI=1S/C19H26FN7O2S/c1-11(2)7-12-8-15(20)17(23-10-12)24-18(28)14-9-13(26-29-4)5-6-16(14)30-19(25-21)27(3)22/h5-6,8-11,26H,7,21-22H2,1-4H3,(H,23,24,28)/p+1/b25-19+. The van der Waals surface area contributed by atoms with Gasteiger partial charge < -0.3 is 11.2 Å². The molecule has 1 aromatic carbocycles. The van der Waals surface area contributed by atoms with Crippen molar-refractivity contribution in [1.29, 1.82) is 0 Å². The summed E-state index contributed by atoms with van der Waals surface area (Å²) in [6, 6.07) is 6.45. The molecule has 0 saturated heterocycles. The average Bonchev–Trinajstić information content (AvgIpc) is 2.68. The summed E-state index contributed by atoms with van der Waals surface area (Å²) in [4.78, 5) is 22.6. The lowest BCUT2D eigenvalue weighted by atomic mass is 10.0. The first-order chi connectivity index (χ1) is 14.2. The van der Waals surface area contributed by atoms with Gasteiger partial charge in [-0.25, -0.2) is 20.1 Å². The Morgan fingerprint density at radius 3 is 2.73 bits per heavy atom. The second-order valence-corrected chi connectivity index (χ2v) is 7.97. The molecule has 0 fully saturated rings. The number of quaternary nitrogens is 1. The van der Waals surface area contributed by atoms with Crippen molar-refractivity contribution in [2.24, 2.45) is 22.7 Å². The van der Waals surface area contributed by atoms with Crippen LogP contribution in [-0.2, 0) is 11.3 Å². The molecule has 0 aliphatic heterocycles. The van der Waals surface area contributed by atoms with E-state index in [2.05, 4.69) is 15.4 Å². The SMILES string of the molecule is CO[NH2+]c1ccc(S/C(=N/N)N(C)N)c(C(=O)Nc2ncc(CC(C)C)cc2F)c1. The van der Waals surface area contributed by atoms with Gasteiger partial charge in [0.25, 0.3) is 5.91 Å². The first-order valence-electron chi connectivity index (χ1n) is 9.15. The lowest BCUT2D eigenvalue weighted by Crippen LogP contribution is -2.75. The van der Waals surface area contributed by atoms with Crippen molar-refractivity contribution in [3.8, 4) is 0 Å². The van der Waals surface area contributed by atoms with E-state index < -0.39 is 11.7 Å². The number of carbonyl (C=O) groups is 1. The number of amides is 1. The quantitative estimate of drug-likeness (QED) is 0.129. The van der Waals surface area contributed by atoms with Gasteiger partial charge in [-0.2, -0.15) is 10.6 Å². The van der Waals surface area contributed by atoms with E-state index >= 15 is 0 Å². The number of nitrogens with two attached hydrogens (primary N) is 3. The van der Waals surface area contributed by atoms with Crippen LogP contribution in [0.15, 0.2) is 40.5 Å². The average molecular weight is 437 g/mol. The predicted octanol–water partition coefficient (Wildman–Crippen LogP) is 1.56. The van der Waals surface area contributed by atoms with Gasteiger partial charge in [0.2, 0.25) is 5.17 Å². The van der Waals surface area contributed by atoms with Gasteiger partial charge in [0.1, 0.15) is 0 Å². The summed E-state index contributed by atoms with van der Waals surface area (Å²) in [5, 5.41) is 7.66. The molecule has 1 heterocycles. The van der Waals surface area contributed by atoms with Crippen LogP contribution in [0, 0.1) is 11.7 Å². The van der Waals surface area contributed by atoms with E-state index in [-0.39, 0.29) is 16.5 Å². The highest BCUT2D eigenvalue weighted by Gasteiger charge is 2.19. The van der Waals surface area contributed by atoms with Crippen molar-refractivity contribution < 1.29 is 19.5 Å². The molecule has 0 aliphatic carbocycles. The van der Waals surface area contributed by atoms with Gasteiger partial charge in [-0.1, -0.05) is 13.8 Å². The topological polar surface area (TPSA) is 135 Å². The van der Waals surface area contributed by atoms with Gasteiger partial charge in [0.05, 0.1) is 12.7 Å². The fourth-order valence-electron chi connectivity index (χ4n) is 2.64. The Morgan fingerprint density at radius 2 is 2.17 bits per heavy atom. The van der Waals surface area contributed by atoms with Crippen LogP contribution < -0.4 is 22.5 Å². The molecule has 11 heteroatoms. The molecule has 9 nitrogen and oxygen atoms in total. The number of nitrogens with one attached hydrogen (secondary N) is 1. The zero-order valence-corrected chi connectivity index (χ0v) is 18.2. The number of hydrogen-bond acceptors (Lipinski definition) is 7. The van der Waals surface area contributed by atoms with Gasteiger partial charge >= 0.3 is 0 Å². The van der Waals surface area contributed by atoms with Gasteiger partial charge in [-0.15, -0.1) is 0 Å². The Kier molecular flexibility index (Phi) is 8.54. The summed E-state index contributed by atoms with van der Waals surface area (Å²) in [5.41, 5.74) is 3.17. The van der Waals surface area contributed by atoms with Crippen molar-refractivity contribution in [3.63, 3.8) is 0 Å². The molecule has 2 aromatic rings. The molecule has 1 amide bonds. The second-order valence-electron chi connectivity index (χ2n) is 6.96. The van der Waals surface area contributed by atoms with E-state index in [4.69, 9.17) is 16.5 Å². The highest BCUT2D eigenvalue weighted by Crippen LogP contribution is 2.27. The molecular weight excluding hydrogens is 409 g/mol. The number of nitrogens with zero attached hydrogens (tertiary/aromatic N) is 3. The lowest BCUT2D eigenvalue weighted by Gasteiger charge is -2.15. The molecule has 0 aliphatic rings. The number of carbonyl (C=O) groups excluding carboxylic acids is 1. The number of halogens is 1. The summed E-state index contributed by atoms with van der Waals surface area (Å²) >= 11 is 1.10. The Hall–Kier alpha value is -2.73. The fraction of sp³-hybridized carbons (Fsp3) is 0.316. The van der Waals surface area contributed by atoms with E-state index in [9.17, 15) is 9.18 Å². The molecule has 162 valence electrons. The first-order valence-corrected chi connectivity index (χ1v) is 9.96. The molecule has 0 spiro atoms. The van der Waals surface area contributed by atoms with Crippen LogP contribution in [0.1, 0.15) is 29.8 Å². The number of hydrazine groups is 1. The van der Waals surface area contributed by atoms with E-state index in [1.54, 1.807) is 31.4 Å². The molecule has 0 bridgehead atoms. The van der Waals surface area contributed by atoms with E-state index in [1.165, 1.54) is 23.7 Å². The Labute approximate surface area is 179 Å². The van der Waals surface area contributed by atoms with Crippen molar-refractivity contribution in [1.82, 2.24) is 9.99 Å². The maximum atomic E-state index is 14.5. The van der Waals surface area contributed by atoms with Crippen LogP contribution in [0.3, 0.4) is 0 Å². The van der Waals surface area contributed by atoms with E-state index in [0.717, 1.165) is 17.3 Å². The largest absolute Gasteiger partial charge is 0.321 e. The number of thioether (sulfide) groups is 1. The fourth-order valence-corrected chi connectivity index (χ4v) is 3.43. The highest BCUT2D eigenvalue weighted by atomic mass is 32.2. The molecule has 7 N–H and O–H groups in total. The Morgan fingerprint density at radius 1 is 1.43 bits per heavy atom. The van der Waals surface area contributed by atoms with Crippen molar-refractivity contribution in [2.45, 2.75) is 25.2 Å². The summed E-state index contributed by atoms with van der Waals surface area (Å²) in [6.07, 6.45) is 2.26. The minimum atomic E-state index is -0.596. The van der Waals surface area contributed by atoms with Crippen molar-refractivity contribution in [2.75, 3.05) is 19.5 Å². The second kappa shape index (κ2) is 10.9. The molecular formula is C19H27FN7O2S+. The predicted molar refractivity (Wildman–Crippen MR) is 115 cm³/mol. The van der Waals surface area contributed by atoms with Gasteiger partial charge in [0.15, 0.2) is 17.3 Å². The number of anilines is 1. The van der Waals surface area contributed by atoms with Crippen LogP contribution in [0.4, 0.5) is 15.9 Å². The van der Waals surface area contributed by atoms with Crippen LogP contribution in [0.5, 0.6) is 0 Å². The van der Waals surface area contributed by atoms with Crippen LogP contribution >= 0.6 is 11.8 Å². The third-order valence-electron chi connectivity index (χ3n) is 3.89. The van der Waals surface area contributed by atoms with Gasteiger partial charge in [-0.3, -0.25) is 9.80 Å². The molecule has 0 saturated carbocycles. The van der Waals surface area contributed by atoms with Crippen LogP contribution in [-0.4, -0.2) is 35.2 Å². The summed E-state index contributed by atoms with van der Waals surface area (Å²) in [7, 11) is 3.08. The molecule has 0 unspecified atom stereocenters.